The van der Waals surface area contributed by atoms with Crippen LogP contribution in [0.25, 0.3) is 0 Å². The summed E-state index contributed by atoms with van der Waals surface area (Å²) in [5.74, 6) is 1.99. The van der Waals surface area contributed by atoms with Crippen LogP contribution in [0.4, 0.5) is 11.4 Å². The molecule has 0 radical (unpaired) electrons. The molecule has 152 valence electrons. The molecule has 0 bridgehead atoms. The fourth-order valence-corrected chi connectivity index (χ4v) is 7.18. The maximum Gasteiger partial charge on any atom is 0.0543 e. The van der Waals surface area contributed by atoms with Crippen molar-refractivity contribution in [2.24, 2.45) is 0 Å². The molecule has 4 heteroatoms. The highest BCUT2D eigenvalue weighted by molar-refractivity contribution is 7.99. The Morgan fingerprint density at radius 1 is 0.966 bits per heavy atom. The largest absolute Gasteiger partial charge is 0.371 e. The third kappa shape index (κ3) is 3.16. The van der Waals surface area contributed by atoms with Crippen molar-refractivity contribution in [3.05, 3.63) is 53.6 Å². The van der Waals surface area contributed by atoms with E-state index in [1.54, 1.807) is 11.3 Å². The van der Waals surface area contributed by atoms with Gasteiger partial charge in [-0.1, -0.05) is 30.3 Å². The summed E-state index contributed by atoms with van der Waals surface area (Å²) in [7, 11) is 0. The molecule has 0 unspecified atom stereocenters. The van der Waals surface area contributed by atoms with Gasteiger partial charge in [-0.25, -0.2) is 0 Å². The van der Waals surface area contributed by atoms with Crippen molar-refractivity contribution in [2.75, 3.05) is 54.8 Å². The number of rotatable bonds is 4. The molecular weight excluding hydrogens is 374 g/mol. The summed E-state index contributed by atoms with van der Waals surface area (Å²) in [5.41, 5.74) is 6.25. The Bertz CT molecular complexity index is 897. The molecule has 0 N–H and O–H groups in total. The van der Waals surface area contributed by atoms with E-state index in [0.29, 0.717) is 5.92 Å². The fourth-order valence-electron chi connectivity index (χ4n) is 6.14. The van der Waals surface area contributed by atoms with E-state index in [1.807, 2.05) is 0 Å². The molecule has 2 aromatic carbocycles. The second-order valence-corrected chi connectivity index (χ2v) is 10.2. The van der Waals surface area contributed by atoms with Crippen LogP contribution in [0.1, 0.15) is 36.3 Å². The summed E-state index contributed by atoms with van der Waals surface area (Å²) in [6.45, 7) is 7.42. The van der Waals surface area contributed by atoms with Crippen molar-refractivity contribution in [1.82, 2.24) is 4.90 Å². The van der Waals surface area contributed by atoms with E-state index >= 15 is 0 Å². The Balaban J connectivity index is 1.11. The van der Waals surface area contributed by atoms with Gasteiger partial charge in [0.1, 0.15) is 0 Å². The third-order valence-electron chi connectivity index (χ3n) is 7.46. The van der Waals surface area contributed by atoms with E-state index in [9.17, 15) is 0 Å². The number of likely N-dealkylation sites (tertiary alicyclic amines) is 1. The molecule has 0 aromatic heterocycles. The normalized spacial score (nSPS) is 25.5. The highest BCUT2D eigenvalue weighted by Gasteiger charge is 2.43. The van der Waals surface area contributed by atoms with E-state index < -0.39 is 0 Å². The quantitative estimate of drug-likeness (QED) is 0.734. The number of hydrogen-bond acceptors (Lipinski definition) is 4. The molecule has 6 rings (SSSR count). The van der Waals surface area contributed by atoms with Crippen molar-refractivity contribution < 1.29 is 0 Å². The van der Waals surface area contributed by atoms with Gasteiger partial charge in [0.25, 0.3) is 0 Å². The molecular formula is C25H31N3S. The summed E-state index contributed by atoms with van der Waals surface area (Å²) in [6.07, 6.45) is 5.15. The van der Waals surface area contributed by atoms with Gasteiger partial charge < -0.3 is 14.7 Å². The van der Waals surface area contributed by atoms with Crippen LogP contribution in [0.2, 0.25) is 0 Å². The van der Waals surface area contributed by atoms with Crippen molar-refractivity contribution in [1.29, 1.82) is 0 Å². The average Bonchev–Trinajstić information content (AvgIpc) is 3.22. The lowest BCUT2D eigenvalue weighted by molar-refractivity contribution is 0.192. The number of para-hydroxylation sites is 2. The van der Waals surface area contributed by atoms with Crippen LogP contribution in [0, 0.1) is 0 Å². The van der Waals surface area contributed by atoms with E-state index in [4.69, 9.17) is 0 Å². The first-order valence-corrected chi connectivity index (χ1v) is 12.4. The van der Waals surface area contributed by atoms with Crippen molar-refractivity contribution in [3.8, 4) is 0 Å². The van der Waals surface area contributed by atoms with E-state index in [0.717, 1.165) is 6.04 Å². The van der Waals surface area contributed by atoms with Crippen molar-refractivity contribution in [2.45, 2.75) is 42.5 Å². The Morgan fingerprint density at radius 3 is 2.93 bits per heavy atom. The lowest BCUT2D eigenvalue weighted by Gasteiger charge is -2.39. The minimum absolute atomic E-state index is 0.713. The highest BCUT2D eigenvalue weighted by Crippen LogP contribution is 2.50. The topological polar surface area (TPSA) is 9.72 Å². The molecule has 3 nitrogen and oxygen atoms in total. The lowest BCUT2D eigenvalue weighted by atomic mass is 9.89. The van der Waals surface area contributed by atoms with Crippen LogP contribution in [0.15, 0.2) is 47.4 Å². The summed E-state index contributed by atoms with van der Waals surface area (Å²) in [5, 5.41) is 0. The SMILES string of the molecule is c1ccc2c(c1)CCN2CCCN1CC[C@@H]2[C@H](C1)c1cccc3c1N2CCCS3. The number of piperidine rings is 1. The van der Waals surface area contributed by atoms with Crippen molar-refractivity contribution >= 4 is 23.1 Å². The molecule has 2 aromatic rings. The van der Waals surface area contributed by atoms with E-state index in [2.05, 4.69) is 68.9 Å². The number of nitrogens with zero attached hydrogens (tertiary/aromatic N) is 3. The smallest absolute Gasteiger partial charge is 0.0543 e. The van der Waals surface area contributed by atoms with Crippen LogP contribution in [-0.4, -0.2) is 56.0 Å². The monoisotopic (exact) mass is 405 g/mol. The van der Waals surface area contributed by atoms with Gasteiger partial charge in [0.2, 0.25) is 0 Å². The zero-order valence-electron chi connectivity index (χ0n) is 17.2. The predicted molar refractivity (Wildman–Crippen MR) is 124 cm³/mol. The second-order valence-electron chi connectivity index (χ2n) is 9.07. The van der Waals surface area contributed by atoms with Gasteiger partial charge in [0, 0.05) is 55.3 Å². The fraction of sp³-hybridized carbons (Fsp3) is 0.520. The van der Waals surface area contributed by atoms with Gasteiger partial charge in [-0.3, -0.25) is 0 Å². The van der Waals surface area contributed by atoms with Gasteiger partial charge in [-0.2, -0.15) is 0 Å². The van der Waals surface area contributed by atoms with Gasteiger partial charge in [-0.05, 0) is 61.2 Å². The van der Waals surface area contributed by atoms with Crippen LogP contribution >= 0.6 is 11.8 Å². The second kappa shape index (κ2) is 7.55. The molecule has 0 amide bonds. The molecule has 1 fully saturated rings. The minimum Gasteiger partial charge on any atom is -0.371 e. The molecule has 4 heterocycles. The van der Waals surface area contributed by atoms with Gasteiger partial charge in [0.15, 0.2) is 0 Å². The Labute approximate surface area is 179 Å². The molecule has 2 atom stereocenters. The van der Waals surface area contributed by atoms with Crippen LogP contribution in [-0.2, 0) is 6.42 Å². The van der Waals surface area contributed by atoms with Crippen LogP contribution in [0.5, 0.6) is 0 Å². The first kappa shape index (κ1) is 18.1. The summed E-state index contributed by atoms with van der Waals surface area (Å²) >= 11 is 2.08. The molecule has 1 saturated heterocycles. The number of benzene rings is 2. The summed E-state index contributed by atoms with van der Waals surface area (Å²) in [6, 6.07) is 16.8. The zero-order valence-corrected chi connectivity index (χ0v) is 18.0. The lowest BCUT2D eigenvalue weighted by Crippen LogP contribution is -2.47. The molecule has 0 aliphatic carbocycles. The van der Waals surface area contributed by atoms with Crippen molar-refractivity contribution in [3.63, 3.8) is 0 Å². The van der Waals surface area contributed by atoms with Crippen LogP contribution in [0.3, 0.4) is 0 Å². The first-order chi connectivity index (χ1) is 14.4. The minimum atomic E-state index is 0.713. The maximum atomic E-state index is 2.79. The van der Waals surface area contributed by atoms with Gasteiger partial charge >= 0.3 is 0 Å². The van der Waals surface area contributed by atoms with Gasteiger partial charge in [-0.15, -0.1) is 11.8 Å². The molecule has 4 aliphatic rings. The zero-order chi connectivity index (χ0) is 19.2. The van der Waals surface area contributed by atoms with E-state index in [1.165, 1.54) is 86.9 Å². The Morgan fingerprint density at radius 2 is 1.93 bits per heavy atom. The third-order valence-corrected chi connectivity index (χ3v) is 8.60. The number of hydrogen-bond donors (Lipinski definition) is 0. The molecule has 0 spiro atoms. The summed E-state index contributed by atoms with van der Waals surface area (Å²) in [4.78, 5) is 9.67. The number of thioether (sulfide) groups is 1. The molecule has 29 heavy (non-hydrogen) atoms. The predicted octanol–water partition coefficient (Wildman–Crippen LogP) is 4.61. The number of anilines is 2. The number of fused-ring (bicyclic) bond motifs is 4. The summed E-state index contributed by atoms with van der Waals surface area (Å²) < 4.78 is 0. The van der Waals surface area contributed by atoms with Gasteiger partial charge in [0.05, 0.1) is 5.69 Å². The first-order valence-electron chi connectivity index (χ1n) is 11.5. The standard InChI is InChI=1S/C25H31N3S/c1-2-8-22-19(6-1)10-16-27(22)13-4-12-26-15-11-23-21(18-26)20-7-3-9-24-25(20)28(23)14-5-17-29-24/h1-3,6-9,21,23H,4-5,10-18H2/t21-,23-/m1/s1. The molecule has 4 aliphatic heterocycles. The molecule has 0 saturated carbocycles. The van der Waals surface area contributed by atoms with Crippen LogP contribution < -0.4 is 9.80 Å². The van der Waals surface area contributed by atoms with E-state index in [-0.39, 0.29) is 0 Å². The average molecular weight is 406 g/mol. The Kier molecular flexibility index (Phi) is 4.73. The Hall–Kier alpha value is -1.65. The maximum absolute atomic E-state index is 2.79. The highest BCUT2D eigenvalue weighted by atomic mass is 32.2.